The summed E-state index contributed by atoms with van der Waals surface area (Å²) in [6, 6.07) is 17.5. The predicted molar refractivity (Wildman–Crippen MR) is 138 cm³/mol. The van der Waals surface area contributed by atoms with Crippen LogP contribution in [0, 0.1) is 11.3 Å². The second-order valence-corrected chi connectivity index (χ2v) is 10.2. The number of rotatable bonds is 7. The number of hydrogen-bond donors (Lipinski definition) is 0. The fraction of sp³-hybridized carbons (Fsp3) is 0.429. The van der Waals surface area contributed by atoms with Gasteiger partial charge in [-0.1, -0.05) is 55.5 Å². The molecule has 8 heteroatoms. The zero-order chi connectivity index (χ0) is 25.9. The van der Waals surface area contributed by atoms with Crippen molar-refractivity contribution in [3.05, 3.63) is 65.7 Å². The number of benzene rings is 2. The van der Waals surface area contributed by atoms with Gasteiger partial charge in [0, 0.05) is 11.8 Å². The fourth-order valence-corrected chi connectivity index (χ4v) is 7.12. The van der Waals surface area contributed by atoms with Gasteiger partial charge >= 0.3 is 17.9 Å². The van der Waals surface area contributed by atoms with Crippen molar-refractivity contribution in [3.8, 4) is 0 Å². The van der Waals surface area contributed by atoms with E-state index in [0.29, 0.717) is 0 Å². The molecule has 3 atom stereocenters. The third-order valence-corrected chi connectivity index (χ3v) is 8.36. The number of methoxy groups -OCH3 is 2. The summed E-state index contributed by atoms with van der Waals surface area (Å²) in [4.78, 5) is 45.3. The van der Waals surface area contributed by atoms with Crippen LogP contribution in [0.1, 0.15) is 43.7 Å². The molecular weight excluding hydrogens is 478 g/mol. The molecule has 0 N–H and O–H groups in total. The number of thioether (sulfide) groups is 1. The fourth-order valence-electron chi connectivity index (χ4n) is 6.11. The molecule has 190 valence electrons. The Morgan fingerprint density at radius 1 is 0.972 bits per heavy atom. The number of aliphatic imine (C=N–C) groups is 1. The first-order chi connectivity index (χ1) is 17.4. The Morgan fingerprint density at radius 3 is 2.22 bits per heavy atom. The van der Waals surface area contributed by atoms with Crippen molar-refractivity contribution < 1.29 is 28.6 Å². The number of ether oxygens (including phenoxy) is 3. The molecule has 0 unspecified atom stereocenters. The first kappa shape index (κ1) is 25.9. The highest BCUT2D eigenvalue weighted by molar-refractivity contribution is 8.14. The van der Waals surface area contributed by atoms with Crippen LogP contribution in [0.2, 0.25) is 0 Å². The minimum Gasteiger partial charge on any atom is -0.468 e. The van der Waals surface area contributed by atoms with E-state index in [2.05, 4.69) is 0 Å². The molecule has 4 rings (SSSR count). The maximum atomic E-state index is 13.7. The first-order valence-corrected chi connectivity index (χ1v) is 13.1. The highest BCUT2D eigenvalue weighted by atomic mass is 32.2. The summed E-state index contributed by atoms with van der Waals surface area (Å²) in [5.74, 6) is -2.39. The van der Waals surface area contributed by atoms with Crippen LogP contribution >= 0.6 is 11.8 Å². The van der Waals surface area contributed by atoms with Gasteiger partial charge in [-0.05, 0) is 36.3 Å². The molecule has 7 nitrogen and oxygen atoms in total. The number of para-hydroxylation sites is 1. The van der Waals surface area contributed by atoms with Crippen molar-refractivity contribution in [1.82, 2.24) is 0 Å². The van der Waals surface area contributed by atoms with Gasteiger partial charge in [0.1, 0.15) is 0 Å². The van der Waals surface area contributed by atoms with E-state index < -0.39 is 40.6 Å². The Hall–Kier alpha value is -3.13. The van der Waals surface area contributed by atoms with Gasteiger partial charge in [-0.3, -0.25) is 14.4 Å². The van der Waals surface area contributed by atoms with Crippen LogP contribution in [0.25, 0.3) is 0 Å². The van der Waals surface area contributed by atoms with Crippen molar-refractivity contribution in [2.75, 3.05) is 26.6 Å². The summed E-state index contributed by atoms with van der Waals surface area (Å²) >= 11 is 1.59. The predicted octanol–water partition coefficient (Wildman–Crippen LogP) is 4.81. The van der Waals surface area contributed by atoms with Gasteiger partial charge in [-0.25, -0.2) is 4.99 Å². The Balaban J connectivity index is 2.08. The molecular formula is C28H31NO6S. The zero-order valence-electron chi connectivity index (χ0n) is 21.0. The average Bonchev–Trinajstić information content (AvgIpc) is 3.37. The highest BCUT2D eigenvalue weighted by Crippen LogP contribution is 2.68. The van der Waals surface area contributed by atoms with Crippen LogP contribution in [0.5, 0.6) is 0 Å². The van der Waals surface area contributed by atoms with Gasteiger partial charge in [0.25, 0.3) is 0 Å². The Labute approximate surface area is 215 Å². The number of fused-ring (bicyclic) bond motifs is 2. The average molecular weight is 510 g/mol. The number of esters is 3. The van der Waals surface area contributed by atoms with E-state index >= 15 is 0 Å². The summed E-state index contributed by atoms with van der Waals surface area (Å²) in [6.07, 6.45) is -0.0720. The van der Waals surface area contributed by atoms with E-state index in [4.69, 9.17) is 19.2 Å². The zero-order valence-corrected chi connectivity index (χ0v) is 21.8. The summed E-state index contributed by atoms with van der Waals surface area (Å²) in [7, 11) is 2.52. The van der Waals surface area contributed by atoms with Gasteiger partial charge in [0.2, 0.25) is 0 Å². The highest BCUT2D eigenvalue weighted by Gasteiger charge is 2.72. The molecule has 1 spiro atoms. The molecule has 1 fully saturated rings. The van der Waals surface area contributed by atoms with Crippen LogP contribution in [-0.4, -0.2) is 49.5 Å². The van der Waals surface area contributed by atoms with Gasteiger partial charge in [0.05, 0.1) is 43.4 Å². The second-order valence-electron chi connectivity index (χ2n) is 8.97. The number of nitrogens with zero attached hydrogens (tertiary/aromatic N) is 1. The van der Waals surface area contributed by atoms with E-state index in [1.165, 1.54) is 14.2 Å². The number of carbonyl (C=O) groups excluding carboxylic acids is 3. The normalized spacial score (nSPS) is 23.6. The monoisotopic (exact) mass is 509 g/mol. The quantitative estimate of drug-likeness (QED) is 0.300. The third kappa shape index (κ3) is 3.92. The second kappa shape index (κ2) is 10.5. The molecule has 0 aromatic heterocycles. The molecule has 0 saturated heterocycles. The largest absolute Gasteiger partial charge is 0.468 e. The van der Waals surface area contributed by atoms with Gasteiger partial charge in [-0.15, -0.1) is 11.8 Å². The molecule has 2 aromatic carbocycles. The summed E-state index contributed by atoms with van der Waals surface area (Å²) in [6.45, 7) is 3.96. The number of hydrogen-bond acceptors (Lipinski definition) is 8. The van der Waals surface area contributed by atoms with Crippen LogP contribution in [-0.2, 0) is 34.0 Å². The van der Waals surface area contributed by atoms with Crippen molar-refractivity contribution in [1.29, 1.82) is 0 Å². The SMILES string of the molecule is CCOC(=O)C[C@@H]1[C@H](c2ccccc2)[C@]2(CC1(C(=O)OC)C(=O)OC)C(SCC)=Nc1ccccc12. The van der Waals surface area contributed by atoms with Crippen molar-refractivity contribution in [2.24, 2.45) is 16.3 Å². The molecule has 0 bridgehead atoms. The molecule has 0 amide bonds. The third-order valence-electron chi connectivity index (χ3n) is 7.34. The Kier molecular flexibility index (Phi) is 7.54. The molecule has 1 aliphatic carbocycles. The lowest BCUT2D eigenvalue weighted by Gasteiger charge is -2.36. The minimum atomic E-state index is -1.73. The van der Waals surface area contributed by atoms with Gasteiger partial charge in [0.15, 0.2) is 5.41 Å². The lowest BCUT2D eigenvalue weighted by atomic mass is 9.68. The van der Waals surface area contributed by atoms with E-state index in [0.717, 1.165) is 27.6 Å². The lowest BCUT2D eigenvalue weighted by molar-refractivity contribution is -0.173. The summed E-state index contributed by atoms with van der Waals surface area (Å²) in [5.41, 5.74) is 0.0669. The summed E-state index contributed by atoms with van der Waals surface area (Å²) < 4.78 is 15.9. The Morgan fingerprint density at radius 2 is 1.61 bits per heavy atom. The molecule has 0 radical (unpaired) electrons. The minimum absolute atomic E-state index is 0.0752. The maximum absolute atomic E-state index is 13.7. The smallest absolute Gasteiger partial charge is 0.323 e. The van der Waals surface area contributed by atoms with Crippen LogP contribution < -0.4 is 0 Å². The molecule has 2 aliphatic rings. The van der Waals surface area contributed by atoms with Crippen molar-refractivity contribution >= 4 is 40.4 Å². The van der Waals surface area contributed by atoms with E-state index in [1.807, 2.05) is 61.5 Å². The van der Waals surface area contributed by atoms with Crippen LogP contribution in [0.3, 0.4) is 0 Å². The van der Waals surface area contributed by atoms with Gasteiger partial charge in [-0.2, -0.15) is 0 Å². The first-order valence-electron chi connectivity index (χ1n) is 12.1. The maximum Gasteiger partial charge on any atom is 0.323 e. The molecule has 2 aromatic rings. The molecule has 1 aliphatic heterocycles. The van der Waals surface area contributed by atoms with Gasteiger partial charge < -0.3 is 14.2 Å². The van der Waals surface area contributed by atoms with Crippen LogP contribution in [0.4, 0.5) is 5.69 Å². The Bertz CT molecular complexity index is 1160. The van der Waals surface area contributed by atoms with Crippen LogP contribution in [0.15, 0.2) is 59.6 Å². The lowest BCUT2D eigenvalue weighted by Crippen LogP contribution is -2.46. The topological polar surface area (TPSA) is 91.3 Å². The molecule has 1 saturated carbocycles. The van der Waals surface area contributed by atoms with E-state index in [1.54, 1.807) is 18.7 Å². The van der Waals surface area contributed by atoms with E-state index in [-0.39, 0.29) is 19.4 Å². The standard InChI is InChI=1S/C28H31NO6S/c1-5-35-22(30)16-20-23(18-12-8-7-9-13-18)27(17-28(20,25(31)33-3)26(32)34-4)19-14-10-11-15-21(19)29-24(27)36-6-2/h7-15,20,23H,5-6,16-17H2,1-4H3/t20-,23+,27-/m1/s1. The van der Waals surface area contributed by atoms with E-state index in [9.17, 15) is 14.4 Å². The van der Waals surface area contributed by atoms with Crippen molar-refractivity contribution in [2.45, 2.75) is 38.0 Å². The summed E-state index contributed by atoms with van der Waals surface area (Å²) in [5, 5.41) is 0.823. The van der Waals surface area contributed by atoms with Crippen molar-refractivity contribution in [3.63, 3.8) is 0 Å². The molecule has 1 heterocycles. The molecule has 36 heavy (non-hydrogen) atoms. The number of carbonyl (C=O) groups is 3.